The van der Waals surface area contributed by atoms with Crippen LogP contribution in [-0.2, 0) is 0 Å². The zero-order valence-electron chi connectivity index (χ0n) is 12.2. The molecule has 0 aliphatic carbocycles. The summed E-state index contributed by atoms with van der Waals surface area (Å²) in [5.41, 5.74) is 0.568. The van der Waals surface area contributed by atoms with E-state index >= 15 is 0 Å². The fourth-order valence-corrected chi connectivity index (χ4v) is 2.74. The van der Waals surface area contributed by atoms with Gasteiger partial charge in [0, 0.05) is 24.5 Å². The van der Waals surface area contributed by atoms with Gasteiger partial charge in [-0.1, -0.05) is 18.2 Å². The van der Waals surface area contributed by atoms with Crippen molar-refractivity contribution in [2.45, 2.75) is 12.5 Å². The van der Waals surface area contributed by atoms with Gasteiger partial charge in [0.25, 0.3) is 5.91 Å². The molecule has 1 fully saturated rings. The van der Waals surface area contributed by atoms with E-state index in [1.807, 2.05) is 14.1 Å². The number of likely N-dealkylation sites (N-methyl/N-ethyl adjacent to an activating group) is 1. The van der Waals surface area contributed by atoms with Gasteiger partial charge >= 0.3 is 0 Å². The number of hydrogen-bond acceptors (Lipinski definition) is 3. The highest BCUT2D eigenvalue weighted by Gasteiger charge is 2.28. The molecule has 0 radical (unpaired) electrons. The SMILES string of the molecule is CN(C)[C@@H]1CCN(C(=O)c2ccc3cccc(F)c3n2)C1. The van der Waals surface area contributed by atoms with Crippen LogP contribution in [0.15, 0.2) is 30.3 Å². The first-order valence-corrected chi connectivity index (χ1v) is 7.07. The molecule has 4 nitrogen and oxygen atoms in total. The lowest BCUT2D eigenvalue weighted by molar-refractivity contribution is 0.0777. The smallest absolute Gasteiger partial charge is 0.272 e. The summed E-state index contributed by atoms with van der Waals surface area (Å²) >= 11 is 0. The van der Waals surface area contributed by atoms with E-state index in [1.54, 1.807) is 29.2 Å². The van der Waals surface area contributed by atoms with Gasteiger partial charge in [-0.25, -0.2) is 9.37 Å². The predicted octanol–water partition coefficient (Wildman–Crippen LogP) is 2.15. The van der Waals surface area contributed by atoms with Crippen molar-refractivity contribution in [3.8, 4) is 0 Å². The van der Waals surface area contributed by atoms with Crippen molar-refractivity contribution in [3.63, 3.8) is 0 Å². The van der Waals surface area contributed by atoms with E-state index in [4.69, 9.17) is 0 Å². The van der Waals surface area contributed by atoms with E-state index < -0.39 is 5.82 Å². The molecule has 2 heterocycles. The standard InChI is InChI=1S/C16H18FN3O/c1-19(2)12-8-9-20(10-12)16(21)14-7-6-11-4-3-5-13(17)15(11)18-14/h3-7,12H,8-10H2,1-2H3/t12-/m1/s1. The topological polar surface area (TPSA) is 36.4 Å². The van der Waals surface area contributed by atoms with Crippen LogP contribution in [0.25, 0.3) is 10.9 Å². The molecule has 3 rings (SSSR count). The van der Waals surface area contributed by atoms with Crippen LogP contribution in [0, 0.1) is 5.82 Å². The van der Waals surface area contributed by atoms with E-state index in [0.717, 1.165) is 13.0 Å². The van der Waals surface area contributed by atoms with Crippen molar-refractivity contribution >= 4 is 16.8 Å². The fourth-order valence-electron chi connectivity index (χ4n) is 2.74. The third kappa shape index (κ3) is 2.61. The van der Waals surface area contributed by atoms with Gasteiger partial charge < -0.3 is 9.80 Å². The summed E-state index contributed by atoms with van der Waals surface area (Å²) in [6.45, 7) is 1.42. The van der Waals surface area contributed by atoms with Crippen LogP contribution in [0.1, 0.15) is 16.9 Å². The van der Waals surface area contributed by atoms with Gasteiger partial charge in [-0.3, -0.25) is 4.79 Å². The van der Waals surface area contributed by atoms with Crippen LogP contribution in [0.5, 0.6) is 0 Å². The number of benzene rings is 1. The Morgan fingerprint density at radius 3 is 2.86 bits per heavy atom. The van der Waals surface area contributed by atoms with Crippen LogP contribution in [0.2, 0.25) is 0 Å². The van der Waals surface area contributed by atoms with Crippen LogP contribution < -0.4 is 0 Å². The van der Waals surface area contributed by atoms with Crippen LogP contribution in [0.3, 0.4) is 0 Å². The van der Waals surface area contributed by atoms with Gasteiger partial charge in [0.05, 0.1) is 0 Å². The maximum atomic E-state index is 13.8. The summed E-state index contributed by atoms with van der Waals surface area (Å²) in [5.74, 6) is -0.515. The zero-order chi connectivity index (χ0) is 15.0. The number of aromatic nitrogens is 1. The van der Waals surface area contributed by atoms with Crippen molar-refractivity contribution in [3.05, 3.63) is 41.8 Å². The first kappa shape index (κ1) is 13.9. The van der Waals surface area contributed by atoms with Gasteiger partial charge in [0.15, 0.2) is 0 Å². The number of para-hydroxylation sites is 1. The second-order valence-electron chi connectivity index (χ2n) is 5.67. The molecule has 5 heteroatoms. The molecule has 1 aromatic carbocycles. The Labute approximate surface area is 123 Å². The largest absolute Gasteiger partial charge is 0.336 e. The highest BCUT2D eigenvalue weighted by atomic mass is 19.1. The molecule has 2 aromatic rings. The molecule has 110 valence electrons. The molecule has 0 spiro atoms. The summed E-state index contributed by atoms with van der Waals surface area (Å²) in [4.78, 5) is 20.6. The number of amides is 1. The Balaban J connectivity index is 1.87. The Morgan fingerprint density at radius 2 is 2.14 bits per heavy atom. The van der Waals surface area contributed by atoms with Gasteiger partial charge in [-0.05, 0) is 32.6 Å². The number of rotatable bonds is 2. The fraction of sp³-hybridized carbons (Fsp3) is 0.375. The van der Waals surface area contributed by atoms with Gasteiger partial charge in [0.2, 0.25) is 0 Å². The summed E-state index contributed by atoms with van der Waals surface area (Å²) in [7, 11) is 4.03. The second kappa shape index (κ2) is 5.41. The number of carbonyl (C=O) groups is 1. The van der Waals surface area contributed by atoms with Gasteiger partial charge in [-0.2, -0.15) is 0 Å². The van der Waals surface area contributed by atoms with Crippen molar-refractivity contribution < 1.29 is 9.18 Å². The summed E-state index contributed by atoms with van der Waals surface area (Å²) in [6, 6.07) is 8.60. The average Bonchev–Trinajstić information content (AvgIpc) is 2.97. The highest BCUT2D eigenvalue weighted by Crippen LogP contribution is 2.19. The van der Waals surface area contributed by atoms with E-state index in [0.29, 0.717) is 23.7 Å². The third-order valence-electron chi connectivity index (χ3n) is 4.07. The molecule has 0 bridgehead atoms. The van der Waals surface area contributed by atoms with Gasteiger partial charge in [-0.15, -0.1) is 0 Å². The van der Waals surface area contributed by atoms with Crippen molar-refractivity contribution in [2.24, 2.45) is 0 Å². The Hall–Kier alpha value is -2.01. The normalized spacial score (nSPS) is 18.7. The van der Waals surface area contributed by atoms with Crippen LogP contribution in [0.4, 0.5) is 4.39 Å². The lowest BCUT2D eigenvalue weighted by Crippen LogP contribution is -2.34. The molecule has 1 atom stereocenters. The summed E-state index contributed by atoms with van der Waals surface area (Å²) < 4.78 is 13.8. The van der Waals surface area contributed by atoms with Gasteiger partial charge in [0.1, 0.15) is 17.0 Å². The Kier molecular flexibility index (Phi) is 3.59. The Morgan fingerprint density at radius 1 is 1.33 bits per heavy atom. The van der Waals surface area contributed by atoms with E-state index in [-0.39, 0.29) is 11.4 Å². The molecule has 0 unspecified atom stereocenters. The number of pyridine rings is 1. The summed E-state index contributed by atoms with van der Waals surface area (Å²) in [6.07, 6.45) is 0.959. The Bertz CT molecular complexity index is 686. The average molecular weight is 287 g/mol. The van der Waals surface area contributed by atoms with Crippen molar-refractivity contribution in [1.29, 1.82) is 0 Å². The number of likely N-dealkylation sites (tertiary alicyclic amines) is 1. The van der Waals surface area contributed by atoms with Crippen LogP contribution in [-0.4, -0.2) is 53.9 Å². The minimum Gasteiger partial charge on any atom is -0.336 e. The quantitative estimate of drug-likeness (QED) is 0.849. The number of hydrogen-bond donors (Lipinski definition) is 0. The molecule has 1 amide bonds. The summed E-state index contributed by atoms with van der Waals surface area (Å²) in [5, 5.41) is 0.708. The molecule has 1 aliphatic heterocycles. The van der Waals surface area contributed by atoms with Crippen molar-refractivity contribution in [2.75, 3.05) is 27.2 Å². The zero-order valence-corrected chi connectivity index (χ0v) is 12.2. The molecule has 1 aliphatic rings. The van der Waals surface area contributed by atoms with E-state index in [9.17, 15) is 9.18 Å². The number of fused-ring (bicyclic) bond motifs is 1. The minimum atomic E-state index is -0.394. The van der Waals surface area contributed by atoms with E-state index in [2.05, 4.69) is 9.88 Å². The lowest BCUT2D eigenvalue weighted by atomic mass is 10.2. The minimum absolute atomic E-state index is 0.121. The molecule has 21 heavy (non-hydrogen) atoms. The first-order chi connectivity index (χ1) is 10.1. The number of carbonyl (C=O) groups excluding carboxylic acids is 1. The lowest BCUT2D eigenvalue weighted by Gasteiger charge is -2.20. The second-order valence-corrected chi connectivity index (χ2v) is 5.67. The number of nitrogens with zero attached hydrogens (tertiary/aromatic N) is 3. The molecule has 0 N–H and O–H groups in total. The maximum absolute atomic E-state index is 13.8. The molecule has 1 aromatic heterocycles. The van der Waals surface area contributed by atoms with E-state index in [1.165, 1.54) is 6.07 Å². The van der Waals surface area contributed by atoms with Crippen LogP contribution >= 0.6 is 0 Å². The van der Waals surface area contributed by atoms with Crippen molar-refractivity contribution in [1.82, 2.24) is 14.8 Å². The highest BCUT2D eigenvalue weighted by molar-refractivity contribution is 5.95. The molecular formula is C16H18FN3O. The number of halogens is 1. The first-order valence-electron chi connectivity index (χ1n) is 7.07. The molecule has 1 saturated heterocycles. The molecule has 0 saturated carbocycles. The monoisotopic (exact) mass is 287 g/mol. The maximum Gasteiger partial charge on any atom is 0.272 e. The third-order valence-corrected chi connectivity index (χ3v) is 4.07. The molecular weight excluding hydrogens is 269 g/mol. The predicted molar refractivity (Wildman–Crippen MR) is 79.7 cm³/mol.